The molecule has 1 fully saturated rings. The number of ether oxygens (including phenoxy) is 1. The fraction of sp³-hybridized carbons (Fsp3) is 0.462. The molecule has 0 aromatic heterocycles. The first-order valence-electron chi connectivity index (χ1n) is 5.59. The van der Waals surface area contributed by atoms with Crippen molar-refractivity contribution in [1.82, 2.24) is 0 Å². The van der Waals surface area contributed by atoms with Crippen LogP contribution in [0.25, 0.3) is 0 Å². The van der Waals surface area contributed by atoms with E-state index in [0.717, 1.165) is 12.8 Å². The first kappa shape index (κ1) is 8.96. The van der Waals surface area contributed by atoms with E-state index in [1.165, 1.54) is 11.1 Å². The van der Waals surface area contributed by atoms with Crippen LogP contribution in [-0.4, -0.2) is 12.1 Å². The summed E-state index contributed by atoms with van der Waals surface area (Å²) in [5.74, 6) is 0.402. The lowest BCUT2D eigenvalue weighted by atomic mass is 9.86. The van der Waals surface area contributed by atoms with E-state index in [-0.39, 0.29) is 18.0 Å². The molecule has 1 aliphatic heterocycles. The highest BCUT2D eigenvalue weighted by Gasteiger charge is 2.48. The van der Waals surface area contributed by atoms with Crippen molar-refractivity contribution in [1.29, 1.82) is 0 Å². The van der Waals surface area contributed by atoms with Crippen molar-refractivity contribution in [3.8, 4) is 0 Å². The normalized spacial score (nSPS) is 32.3. The Labute approximate surface area is 89.2 Å². The number of carbonyl (C=O) groups is 1. The summed E-state index contributed by atoms with van der Waals surface area (Å²) in [5, 5.41) is 0. The van der Waals surface area contributed by atoms with E-state index in [9.17, 15) is 4.79 Å². The molecule has 0 unspecified atom stereocenters. The zero-order valence-electron chi connectivity index (χ0n) is 8.77. The minimum absolute atomic E-state index is 0.00185. The standard InChI is InChI=1S/C13H14O2/c1-2-9-12-10-6-4-3-5-8(10)7-11(12)15-13(9)14/h3-6,9,11-12H,2,7H2,1H3/t9-,11-,12+/m1/s1. The molecule has 1 aromatic carbocycles. The third-order valence-electron chi connectivity index (χ3n) is 3.68. The van der Waals surface area contributed by atoms with E-state index in [4.69, 9.17) is 4.74 Å². The summed E-state index contributed by atoms with van der Waals surface area (Å²) < 4.78 is 5.43. The van der Waals surface area contributed by atoms with Gasteiger partial charge in [0, 0.05) is 12.3 Å². The predicted octanol–water partition coefficient (Wildman–Crippen LogP) is 2.28. The number of benzene rings is 1. The van der Waals surface area contributed by atoms with Gasteiger partial charge in [-0.25, -0.2) is 0 Å². The summed E-state index contributed by atoms with van der Waals surface area (Å²) in [7, 11) is 0. The summed E-state index contributed by atoms with van der Waals surface area (Å²) in [5.41, 5.74) is 2.69. The summed E-state index contributed by atoms with van der Waals surface area (Å²) in [6.07, 6.45) is 1.90. The van der Waals surface area contributed by atoms with Crippen molar-refractivity contribution >= 4 is 5.97 Å². The third kappa shape index (κ3) is 1.14. The van der Waals surface area contributed by atoms with E-state index >= 15 is 0 Å². The molecular formula is C13H14O2. The molecule has 3 atom stereocenters. The lowest BCUT2D eigenvalue weighted by Gasteiger charge is -2.12. The third-order valence-corrected chi connectivity index (χ3v) is 3.68. The molecule has 2 heteroatoms. The molecule has 2 aliphatic rings. The SMILES string of the molecule is CC[C@H]1C(=O)O[C@@H]2Cc3ccccc3[C@@H]21. The molecular weight excluding hydrogens is 188 g/mol. The maximum absolute atomic E-state index is 11.6. The van der Waals surface area contributed by atoms with E-state index in [0.29, 0.717) is 5.92 Å². The minimum atomic E-state index is 0.00185. The lowest BCUT2D eigenvalue weighted by molar-refractivity contribution is -0.144. The van der Waals surface area contributed by atoms with Gasteiger partial charge >= 0.3 is 5.97 Å². The highest BCUT2D eigenvalue weighted by Crippen LogP contribution is 2.46. The molecule has 2 nitrogen and oxygen atoms in total. The number of esters is 1. The van der Waals surface area contributed by atoms with Crippen LogP contribution in [0.3, 0.4) is 0 Å². The Morgan fingerprint density at radius 3 is 3.00 bits per heavy atom. The largest absolute Gasteiger partial charge is 0.461 e. The van der Waals surface area contributed by atoms with Crippen molar-refractivity contribution in [2.24, 2.45) is 5.92 Å². The molecule has 0 N–H and O–H groups in total. The highest BCUT2D eigenvalue weighted by molar-refractivity contribution is 5.77. The average Bonchev–Trinajstić information content (AvgIpc) is 2.72. The Morgan fingerprint density at radius 1 is 1.40 bits per heavy atom. The van der Waals surface area contributed by atoms with Crippen LogP contribution in [0.5, 0.6) is 0 Å². The fourth-order valence-corrected chi connectivity index (χ4v) is 2.98. The fourth-order valence-electron chi connectivity index (χ4n) is 2.98. The van der Waals surface area contributed by atoms with Crippen LogP contribution >= 0.6 is 0 Å². The van der Waals surface area contributed by atoms with Crippen LogP contribution in [-0.2, 0) is 16.0 Å². The van der Waals surface area contributed by atoms with Crippen LogP contribution < -0.4 is 0 Å². The van der Waals surface area contributed by atoms with Crippen molar-refractivity contribution in [2.45, 2.75) is 31.8 Å². The first-order valence-corrected chi connectivity index (χ1v) is 5.59. The molecule has 0 spiro atoms. The Balaban J connectivity index is 2.05. The summed E-state index contributed by atoms with van der Waals surface area (Å²) >= 11 is 0. The number of hydrogen-bond acceptors (Lipinski definition) is 2. The van der Waals surface area contributed by atoms with Crippen molar-refractivity contribution in [2.75, 3.05) is 0 Å². The molecule has 0 bridgehead atoms. The second kappa shape index (κ2) is 3.09. The maximum atomic E-state index is 11.6. The molecule has 1 heterocycles. The van der Waals surface area contributed by atoms with Gasteiger partial charge in [-0.05, 0) is 17.5 Å². The second-order valence-corrected chi connectivity index (χ2v) is 4.42. The number of rotatable bonds is 1. The van der Waals surface area contributed by atoms with E-state index < -0.39 is 0 Å². The molecule has 15 heavy (non-hydrogen) atoms. The zero-order valence-corrected chi connectivity index (χ0v) is 8.77. The van der Waals surface area contributed by atoms with Gasteiger partial charge in [0.2, 0.25) is 0 Å². The van der Waals surface area contributed by atoms with Gasteiger partial charge in [0.15, 0.2) is 0 Å². The Hall–Kier alpha value is -1.31. The Kier molecular flexibility index (Phi) is 1.84. The van der Waals surface area contributed by atoms with E-state index in [2.05, 4.69) is 31.2 Å². The number of carbonyl (C=O) groups excluding carboxylic acids is 1. The van der Waals surface area contributed by atoms with E-state index in [1.54, 1.807) is 0 Å². The summed E-state index contributed by atoms with van der Waals surface area (Å²) in [6.45, 7) is 2.06. The lowest BCUT2D eigenvalue weighted by Crippen LogP contribution is -2.13. The molecule has 0 amide bonds. The van der Waals surface area contributed by atoms with Crippen LogP contribution in [0.4, 0.5) is 0 Å². The molecule has 3 rings (SSSR count). The number of fused-ring (bicyclic) bond motifs is 3. The number of hydrogen-bond donors (Lipinski definition) is 0. The molecule has 78 valence electrons. The van der Waals surface area contributed by atoms with Crippen molar-refractivity contribution < 1.29 is 9.53 Å². The van der Waals surface area contributed by atoms with Crippen molar-refractivity contribution in [3.05, 3.63) is 35.4 Å². The van der Waals surface area contributed by atoms with Gasteiger partial charge in [-0.1, -0.05) is 31.2 Å². The van der Waals surface area contributed by atoms with Gasteiger partial charge in [-0.3, -0.25) is 4.79 Å². The first-order chi connectivity index (χ1) is 7.31. The Morgan fingerprint density at radius 2 is 2.20 bits per heavy atom. The molecule has 1 aromatic rings. The zero-order chi connectivity index (χ0) is 10.4. The van der Waals surface area contributed by atoms with Crippen molar-refractivity contribution in [3.63, 3.8) is 0 Å². The van der Waals surface area contributed by atoms with Gasteiger partial charge in [0.05, 0.1) is 5.92 Å². The Bertz CT molecular complexity index is 411. The minimum Gasteiger partial charge on any atom is -0.461 e. The van der Waals surface area contributed by atoms with Crippen LogP contribution in [0, 0.1) is 5.92 Å². The van der Waals surface area contributed by atoms with Gasteiger partial charge in [-0.15, -0.1) is 0 Å². The van der Waals surface area contributed by atoms with Crippen LogP contribution in [0.15, 0.2) is 24.3 Å². The second-order valence-electron chi connectivity index (χ2n) is 4.42. The molecule has 1 saturated heterocycles. The average molecular weight is 202 g/mol. The quantitative estimate of drug-likeness (QED) is 0.653. The van der Waals surface area contributed by atoms with Gasteiger partial charge < -0.3 is 4.74 Å². The topological polar surface area (TPSA) is 26.3 Å². The smallest absolute Gasteiger partial charge is 0.309 e. The molecule has 0 radical (unpaired) electrons. The van der Waals surface area contributed by atoms with Crippen LogP contribution in [0.2, 0.25) is 0 Å². The van der Waals surface area contributed by atoms with Gasteiger partial charge in [-0.2, -0.15) is 0 Å². The van der Waals surface area contributed by atoms with E-state index in [1.807, 2.05) is 0 Å². The maximum Gasteiger partial charge on any atom is 0.309 e. The predicted molar refractivity (Wildman–Crippen MR) is 56.5 cm³/mol. The van der Waals surface area contributed by atoms with Crippen LogP contribution in [0.1, 0.15) is 30.4 Å². The highest BCUT2D eigenvalue weighted by atomic mass is 16.6. The van der Waals surface area contributed by atoms with Gasteiger partial charge in [0.1, 0.15) is 6.10 Å². The molecule has 0 saturated carbocycles. The molecule has 1 aliphatic carbocycles. The summed E-state index contributed by atoms with van der Waals surface area (Å²) in [6, 6.07) is 8.40. The summed E-state index contributed by atoms with van der Waals surface area (Å²) in [4.78, 5) is 11.6. The van der Waals surface area contributed by atoms with Gasteiger partial charge in [0.25, 0.3) is 0 Å². The monoisotopic (exact) mass is 202 g/mol.